The van der Waals surface area contributed by atoms with E-state index in [9.17, 15) is 4.79 Å². The van der Waals surface area contributed by atoms with Crippen molar-refractivity contribution in [2.24, 2.45) is 0 Å². The fraction of sp³-hybridized carbons (Fsp3) is 0.500. The van der Waals surface area contributed by atoms with Crippen LogP contribution in [0.5, 0.6) is 0 Å². The number of hydrogen-bond donors (Lipinski definition) is 2. The molecular formula is C14H20N2O2. The first kappa shape index (κ1) is 12.9. The average molecular weight is 248 g/mol. The summed E-state index contributed by atoms with van der Waals surface area (Å²) in [5, 5.41) is 6.08. The van der Waals surface area contributed by atoms with E-state index >= 15 is 0 Å². The van der Waals surface area contributed by atoms with Crippen molar-refractivity contribution in [3.8, 4) is 0 Å². The van der Waals surface area contributed by atoms with E-state index in [1.807, 2.05) is 31.2 Å². The Morgan fingerprint density at radius 1 is 1.50 bits per heavy atom. The number of carbonyl (C=O) groups excluding carboxylic acids is 1. The summed E-state index contributed by atoms with van der Waals surface area (Å²) in [6.45, 7) is 3.45. The molecule has 1 heterocycles. The van der Waals surface area contributed by atoms with Gasteiger partial charge in [0.1, 0.15) is 6.61 Å². The smallest absolute Gasteiger partial charge is 0.411 e. The molecule has 1 aliphatic heterocycles. The van der Waals surface area contributed by atoms with Crippen LogP contribution in [0.4, 0.5) is 10.5 Å². The Hall–Kier alpha value is -1.55. The number of benzene rings is 1. The Morgan fingerprint density at radius 2 is 2.39 bits per heavy atom. The van der Waals surface area contributed by atoms with Crippen LogP contribution in [0, 0.1) is 6.92 Å². The molecule has 1 aromatic carbocycles. The Labute approximate surface area is 108 Å². The standard InChI is InChI=1S/C14H20N2O2/c1-11-5-4-7-12(9-11)16-14(17)18-10-13-6-2-3-8-15-13/h4-5,7,9,13,15H,2-3,6,8,10H2,1H3,(H,16,17). The summed E-state index contributed by atoms with van der Waals surface area (Å²) in [5.41, 5.74) is 1.89. The summed E-state index contributed by atoms with van der Waals surface area (Å²) in [6.07, 6.45) is 3.12. The number of carbonyl (C=O) groups is 1. The second-order valence-corrected chi connectivity index (χ2v) is 4.74. The molecule has 1 saturated heterocycles. The molecular weight excluding hydrogens is 228 g/mol. The second kappa shape index (κ2) is 6.40. The third-order valence-electron chi connectivity index (χ3n) is 3.09. The van der Waals surface area contributed by atoms with Gasteiger partial charge in [0.05, 0.1) is 0 Å². The maximum Gasteiger partial charge on any atom is 0.411 e. The predicted octanol–water partition coefficient (Wildman–Crippen LogP) is 2.69. The number of aryl methyl sites for hydroxylation is 1. The van der Waals surface area contributed by atoms with E-state index in [2.05, 4.69) is 10.6 Å². The van der Waals surface area contributed by atoms with Crippen molar-refractivity contribution in [1.29, 1.82) is 0 Å². The fourth-order valence-corrected chi connectivity index (χ4v) is 2.12. The molecule has 0 spiro atoms. The van der Waals surface area contributed by atoms with Crippen LogP contribution < -0.4 is 10.6 Å². The summed E-state index contributed by atoms with van der Waals surface area (Å²) >= 11 is 0. The second-order valence-electron chi connectivity index (χ2n) is 4.74. The van der Waals surface area contributed by atoms with Gasteiger partial charge < -0.3 is 10.1 Å². The lowest BCUT2D eigenvalue weighted by Crippen LogP contribution is -2.38. The molecule has 1 atom stereocenters. The van der Waals surface area contributed by atoms with E-state index in [4.69, 9.17) is 4.74 Å². The topological polar surface area (TPSA) is 50.4 Å². The van der Waals surface area contributed by atoms with Gasteiger partial charge in [-0.1, -0.05) is 18.6 Å². The molecule has 1 aromatic rings. The summed E-state index contributed by atoms with van der Waals surface area (Å²) < 4.78 is 5.21. The fourth-order valence-electron chi connectivity index (χ4n) is 2.12. The summed E-state index contributed by atoms with van der Waals surface area (Å²) in [5.74, 6) is 0. The average Bonchev–Trinajstić information content (AvgIpc) is 2.38. The molecule has 18 heavy (non-hydrogen) atoms. The molecule has 0 bridgehead atoms. The molecule has 2 rings (SSSR count). The molecule has 1 fully saturated rings. The molecule has 0 aliphatic carbocycles. The van der Waals surface area contributed by atoms with Gasteiger partial charge >= 0.3 is 6.09 Å². The zero-order valence-electron chi connectivity index (χ0n) is 10.7. The van der Waals surface area contributed by atoms with Crippen LogP contribution in [0.15, 0.2) is 24.3 Å². The van der Waals surface area contributed by atoms with Crippen molar-refractivity contribution < 1.29 is 9.53 Å². The van der Waals surface area contributed by atoms with Crippen LogP contribution >= 0.6 is 0 Å². The van der Waals surface area contributed by atoms with E-state index in [1.54, 1.807) is 0 Å². The van der Waals surface area contributed by atoms with Crippen LogP contribution in [0.1, 0.15) is 24.8 Å². The Morgan fingerprint density at radius 3 is 3.11 bits per heavy atom. The molecule has 0 aromatic heterocycles. The first-order valence-corrected chi connectivity index (χ1v) is 6.48. The van der Waals surface area contributed by atoms with Crippen molar-refractivity contribution >= 4 is 11.8 Å². The normalized spacial score (nSPS) is 19.3. The number of rotatable bonds is 3. The highest BCUT2D eigenvalue weighted by molar-refractivity contribution is 5.84. The summed E-state index contributed by atoms with van der Waals surface area (Å²) in [4.78, 5) is 11.6. The van der Waals surface area contributed by atoms with Crippen LogP contribution in [0.3, 0.4) is 0 Å². The largest absolute Gasteiger partial charge is 0.448 e. The highest BCUT2D eigenvalue weighted by Gasteiger charge is 2.14. The third-order valence-corrected chi connectivity index (χ3v) is 3.09. The van der Waals surface area contributed by atoms with Gasteiger partial charge in [-0.3, -0.25) is 5.32 Å². The van der Waals surface area contributed by atoms with Gasteiger partial charge in [-0.05, 0) is 44.0 Å². The zero-order valence-corrected chi connectivity index (χ0v) is 10.7. The highest BCUT2D eigenvalue weighted by atomic mass is 16.5. The number of nitrogens with one attached hydrogen (secondary N) is 2. The van der Waals surface area contributed by atoms with Gasteiger partial charge in [0, 0.05) is 11.7 Å². The van der Waals surface area contributed by atoms with Gasteiger partial charge in [-0.25, -0.2) is 4.79 Å². The van der Waals surface area contributed by atoms with Crippen LogP contribution in [0.2, 0.25) is 0 Å². The van der Waals surface area contributed by atoms with E-state index in [1.165, 1.54) is 12.8 Å². The van der Waals surface area contributed by atoms with Gasteiger partial charge in [0.15, 0.2) is 0 Å². The first-order valence-electron chi connectivity index (χ1n) is 6.48. The maximum atomic E-state index is 11.6. The van der Waals surface area contributed by atoms with Gasteiger partial charge in [-0.15, -0.1) is 0 Å². The molecule has 98 valence electrons. The molecule has 1 unspecified atom stereocenters. The number of ether oxygens (including phenoxy) is 1. The predicted molar refractivity (Wildman–Crippen MR) is 71.8 cm³/mol. The minimum absolute atomic E-state index is 0.307. The lowest BCUT2D eigenvalue weighted by molar-refractivity contribution is 0.141. The first-order chi connectivity index (χ1) is 8.74. The minimum atomic E-state index is -0.382. The quantitative estimate of drug-likeness (QED) is 0.864. The zero-order chi connectivity index (χ0) is 12.8. The SMILES string of the molecule is Cc1cccc(NC(=O)OCC2CCCCN2)c1. The molecule has 1 amide bonds. The molecule has 1 aliphatic rings. The lowest BCUT2D eigenvalue weighted by Gasteiger charge is -2.22. The Balaban J connectivity index is 1.74. The monoisotopic (exact) mass is 248 g/mol. The number of amides is 1. The lowest BCUT2D eigenvalue weighted by atomic mass is 10.1. The van der Waals surface area contributed by atoms with Crippen LogP contribution in [-0.4, -0.2) is 25.3 Å². The van der Waals surface area contributed by atoms with E-state index in [0.29, 0.717) is 12.6 Å². The third kappa shape index (κ3) is 4.04. The molecule has 0 radical (unpaired) electrons. The van der Waals surface area contributed by atoms with Crippen molar-refractivity contribution in [1.82, 2.24) is 5.32 Å². The number of hydrogen-bond acceptors (Lipinski definition) is 3. The highest BCUT2D eigenvalue weighted by Crippen LogP contribution is 2.11. The molecule has 4 heteroatoms. The van der Waals surface area contributed by atoms with E-state index in [-0.39, 0.29) is 6.09 Å². The van der Waals surface area contributed by atoms with E-state index < -0.39 is 0 Å². The van der Waals surface area contributed by atoms with Crippen molar-refractivity contribution in [2.75, 3.05) is 18.5 Å². The minimum Gasteiger partial charge on any atom is -0.448 e. The number of piperidine rings is 1. The van der Waals surface area contributed by atoms with E-state index in [0.717, 1.165) is 24.2 Å². The summed E-state index contributed by atoms with van der Waals surface area (Å²) in [7, 11) is 0. The summed E-state index contributed by atoms with van der Waals surface area (Å²) in [6, 6.07) is 7.98. The maximum absolute atomic E-state index is 11.6. The number of anilines is 1. The molecule has 2 N–H and O–H groups in total. The molecule has 4 nitrogen and oxygen atoms in total. The van der Waals surface area contributed by atoms with Gasteiger partial charge in [0.25, 0.3) is 0 Å². The van der Waals surface area contributed by atoms with Gasteiger partial charge in [0.2, 0.25) is 0 Å². The molecule has 0 saturated carbocycles. The van der Waals surface area contributed by atoms with Crippen LogP contribution in [0.25, 0.3) is 0 Å². The Bertz CT molecular complexity index is 401. The van der Waals surface area contributed by atoms with Crippen molar-refractivity contribution in [3.05, 3.63) is 29.8 Å². The van der Waals surface area contributed by atoms with Crippen molar-refractivity contribution in [3.63, 3.8) is 0 Å². The van der Waals surface area contributed by atoms with Crippen LogP contribution in [-0.2, 0) is 4.74 Å². The van der Waals surface area contributed by atoms with Gasteiger partial charge in [-0.2, -0.15) is 0 Å². The van der Waals surface area contributed by atoms with Crippen molar-refractivity contribution in [2.45, 2.75) is 32.2 Å². The Kier molecular flexibility index (Phi) is 4.59.